The van der Waals surface area contributed by atoms with E-state index in [9.17, 15) is 9.90 Å². The first-order chi connectivity index (χ1) is 11.6. The van der Waals surface area contributed by atoms with Crippen molar-refractivity contribution in [2.45, 2.75) is 26.8 Å². The van der Waals surface area contributed by atoms with E-state index in [0.29, 0.717) is 17.8 Å². The summed E-state index contributed by atoms with van der Waals surface area (Å²) < 4.78 is 1.79. The number of aromatic hydroxyl groups is 1. The Morgan fingerprint density at radius 3 is 2.71 bits per heavy atom. The minimum absolute atomic E-state index is 0.0312. The molecule has 2 aromatic heterocycles. The fraction of sp³-hybridized carbons (Fsp3) is 0.222. The lowest BCUT2D eigenvalue weighted by molar-refractivity contribution is 0.0995. The summed E-state index contributed by atoms with van der Waals surface area (Å²) in [5.74, 6) is -0.440. The number of aromatic nitrogens is 2. The van der Waals surface area contributed by atoms with Gasteiger partial charge in [0.1, 0.15) is 0 Å². The van der Waals surface area contributed by atoms with Crippen LogP contribution in [0.2, 0.25) is 0 Å². The molecule has 3 aromatic rings. The lowest BCUT2D eigenvalue weighted by atomic mass is 10.1. The second kappa shape index (κ2) is 6.62. The lowest BCUT2D eigenvalue weighted by Gasteiger charge is -2.04. The van der Waals surface area contributed by atoms with Crippen molar-refractivity contribution in [1.82, 2.24) is 9.55 Å². The van der Waals surface area contributed by atoms with Crippen LogP contribution in [0.3, 0.4) is 0 Å². The third-order valence-corrected chi connectivity index (χ3v) is 3.78. The normalized spacial score (nSPS) is 11.4. The molecule has 1 amide bonds. The topological polar surface area (TPSA) is 79.8 Å². The quantitative estimate of drug-likeness (QED) is 0.724. The summed E-state index contributed by atoms with van der Waals surface area (Å²) >= 11 is 0. The maximum atomic E-state index is 12.1. The number of amides is 1. The van der Waals surface area contributed by atoms with Crippen LogP contribution in [0.5, 0.6) is 5.88 Å². The number of azo groups is 1. The van der Waals surface area contributed by atoms with Crippen LogP contribution >= 0.6 is 0 Å². The number of benzene rings is 1. The summed E-state index contributed by atoms with van der Waals surface area (Å²) in [4.78, 5) is 16.0. The smallest absolute Gasteiger partial charge is 0.295 e. The van der Waals surface area contributed by atoms with E-state index < -0.39 is 5.91 Å². The summed E-state index contributed by atoms with van der Waals surface area (Å²) in [6, 6.07) is 9.02. The van der Waals surface area contributed by atoms with E-state index in [4.69, 9.17) is 0 Å². The zero-order chi connectivity index (χ0) is 17.1. The molecule has 1 N–H and O–H groups in total. The van der Waals surface area contributed by atoms with E-state index in [-0.39, 0.29) is 5.88 Å². The van der Waals surface area contributed by atoms with Gasteiger partial charge in [0.05, 0.1) is 5.52 Å². The molecule has 122 valence electrons. The van der Waals surface area contributed by atoms with Crippen LogP contribution in [0.15, 0.2) is 53.0 Å². The van der Waals surface area contributed by atoms with Gasteiger partial charge in [-0.25, -0.2) is 0 Å². The summed E-state index contributed by atoms with van der Waals surface area (Å²) in [7, 11) is 0. The van der Waals surface area contributed by atoms with Crippen molar-refractivity contribution in [2.24, 2.45) is 10.2 Å². The highest BCUT2D eigenvalue weighted by Gasteiger charge is 2.16. The molecular weight excluding hydrogens is 304 g/mol. The van der Waals surface area contributed by atoms with Crippen LogP contribution in [-0.2, 0) is 6.54 Å². The van der Waals surface area contributed by atoms with Gasteiger partial charge in [-0.05, 0) is 37.6 Å². The van der Waals surface area contributed by atoms with Crippen molar-refractivity contribution >= 4 is 22.5 Å². The lowest BCUT2D eigenvalue weighted by Crippen LogP contribution is -1.95. The van der Waals surface area contributed by atoms with Crippen molar-refractivity contribution in [2.75, 3.05) is 0 Å². The number of aryl methyl sites for hydroxylation is 2. The average Bonchev–Trinajstić information content (AvgIpc) is 2.85. The van der Waals surface area contributed by atoms with Crippen LogP contribution in [-0.4, -0.2) is 20.6 Å². The standard InChI is InChI=1S/C18H18N4O2/c1-3-10-22-15-5-4-12(2)11-14(15)16(18(22)24)20-21-17(23)13-6-8-19-9-7-13/h4-9,11,24H,3,10H2,1-2H3. The molecule has 0 bridgehead atoms. The van der Waals surface area contributed by atoms with Gasteiger partial charge in [0.2, 0.25) is 5.88 Å². The number of rotatable bonds is 4. The minimum Gasteiger partial charge on any atom is -0.493 e. The largest absolute Gasteiger partial charge is 0.493 e. The van der Waals surface area contributed by atoms with E-state index >= 15 is 0 Å². The molecule has 0 unspecified atom stereocenters. The summed E-state index contributed by atoms with van der Waals surface area (Å²) in [5.41, 5.74) is 2.66. The van der Waals surface area contributed by atoms with Gasteiger partial charge >= 0.3 is 0 Å². The first kappa shape index (κ1) is 15.9. The third kappa shape index (κ3) is 2.90. The Labute approximate surface area is 139 Å². The number of fused-ring (bicyclic) bond motifs is 1. The Bertz CT molecular complexity index is 914. The molecular formula is C18H18N4O2. The summed E-state index contributed by atoms with van der Waals surface area (Å²) in [6.07, 6.45) is 3.92. The highest BCUT2D eigenvalue weighted by molar-refractivity contribution is 5.97. The maximum Gasteiger partial charge on any atom is 0.295 e. The SMILES string of the molecule is CCCn1c(O)c(N=NC(=O)c2ccncc2)c2cc(C)ccc21. The second-order valence-corrected chi connectivity index (χ2v) is 5.59. The van der Waals surface area contributed by atoms with Crippen LogP contribution in [0, 0.1) is 6.92 Å². The Hall–Kier alpha value is -3.02. The van der Waals surface area contributed by atoms with Gasteiger partial charge in [-0.1, -0.05) is 18.6 Å². The maximum absolute atomic E-state index is 12.1. The molecule has 0 spiro atoms. The first-order valence-electron chi connectivity index (χ1n) is 7.79. The van der Waals surface area contributed by atoms with Gasteiger partial charge in [-0.15, -0.1) is 10.2 Å². The monoisotopic (exact) mass is 322 g/mol. The van der Waals surface area contributed by atoms with E-state index in [0.717, 1.165) is 22.9 Å². The molecule has 0 fully saturated rings. The van der Waals surface area contributed by atoms with Crippen molar-refractivity contribution in [3.63, 3.8) is 0 Å². The number of carbonyl (C=O) groups is 1. The van der Waals surface area contributed by atoms with Crippen LogP contribution in [0.25, 0.3) is 10.9 Å². The Balaban J connectivity index is 2.05. The predicted octanol–water partition coefficient (Wildman–Crippen LogP) is 4.38. The molecule has 0 saturated heterocycles. The van der Waals surface area contributed by atoms with E-state index in [2.05, 4.69) is 15.2 Å². The molecule has 6 heteroatoms. The Morgan fingerprint density at radius 2 is 2.00 bits per heavy atom. The Morgan fingerprint density at radius 1 is 1.25 bits per heavy atom. The molecule has 2 heterocycles. The van der Waals surface area contributed by atoms with Gasteiger partial charge in [-0.2, -0.15) is 0 Å². The van der Waals surface area contributed by atoms with Crippen molar-refractivity contribution in [3.05, 3.63) is 53.9 Å². The molecule has 24 heavy (non-hydrogen) atoms. The highest BCUT2D eigenvalue weighted by Crippen LogP contribution is 2.39. The van der Waals surface area contributed by atoms with Crippen LogP contribution in [0.4, 0.5) is 5.69 Å². The van der Waals surface area contributed by atoms with E-state index in [1.54, 1.807) is 16.7 Å². The summed E-state index contributed by atoms with van der Waals surface area (Å²) in [5, 5.41) is 19.1. The molecule has 0 aliphatic rings. The van der Waals surface area contributed by atoms with Crippen LogP contribution < -0.4 is 0 Å². The molecule has 0 aliphatic carbocycles. The minimum atomic E-state index is -0.471. The van der Waals surface area contributed by atoms with Gasteiger partial charge in [0, 0.05) is 29.9 Å². The molecule has 6 nitrogen and oxygen atoms in total. The highest BCUT2D eigenvalue weighted by atomic mass is 16.3. The van der Waals surface area contributed by atoms with Crippen molar-refractivity contribution < 1.29 is 9.90 Å². The van der Waals surface area contributed by atoms with E-state index in [1.165, 1.54) is 12.4 Å². The Kier molecular flexibility index (Phi) is 4.37. The zero-order valence-electron chi connectivity index (χ0n) is 13.6. The molecule has 0 aliphatic heterocycles. The van der Waals surface area contributed by atoms with Gasteiger partial charge in [0.15, 0.2) is 5.69 Å². The second-order valence-electron chi connectivity index (χ2n) is 5.59. The number of hydrogen-bond acceptors (Lipinski definition) is 4. The zero-order valence-corrected chi connectivity index (χ0v) is 13.6. The van der Waals surface area contributed by atoms with Crippen molar-refractivity contribution in [1.29, 1.82) is 0 Å². The molecule has 3 rings (SSSR count). The first-order valence-corrected chi connectivity index (χ1v) is 7.79. The number of nitrogens with zero attached hydrogens (tertiary/aromatic N) is 4. The molecule has 0 saturated carbocycles. The third-order valence-electron chi connectivity index (χ3n) is 3.78. The van der Waals surface area contributed by atoms with Crippen LogP contribution in [0.1, 0.15) is 29.3 Å². The molecule has 0 radical (unpaired) electrons. The van der Waals surface area contributed by atoms with Crippen molar-refractivity contribution in [3.8, 4) is 5.88 Å². The number of pyridine rings is 1. The predicted molar refractivity (Wildman–Crippen MR) is 91.7 cm³/mol. The van der Waals surface area contributed by atoms with Gasteiger partial charge in [-0.3, -0.25) is 9.78 Å². The van der Waals surface area contributed by atoms with Gasteiger partial charge in [0.25, 0.3) is 5.91 Å². The number of carbonyl (C=O) groups excluding carboxylic acids is 1. The molecule has 1 aromatic carbocycles. The average molecular weight is 322 g/mol. The fourth-order valence-electron chi connectivity index (χ4n) is 2.63. The summed E-state index contributed by atoms with van der Waals surface area (Å²) in [6.45, 7) is 4.67. The van der Waals surface area contributed by atoms with Gasteiger partial charge < -0.3 is 9.67 Å². The fourth-order valence-corrected chi connectivity index (χ4v) is 2.63. The molecule has 0 atom stereocenters. The number of hydrogen-bond donors (Lipinski definition) is 1. The van der Waals surface area contributed by atoms with E-state index in [1.807, 2.05) is 32.0 Å².